The largest absolute Gasteiger partial charge is 0.262 e. The molecular weight excluding hydrogens is 187 g/mol. The number of hydrogen-bond acceptors (Lipinski definition) is 2. The predicted molar refractivity (Wildman–Crippen MR) is 43.1 cm³/mol. The van der Waals surface area contributed by atoms with Gasteiger partial charge in [-0.2, -0.15) is 0 Å². The molecule has 0 N–H and O–H groups in total. The van der Waals surface area contributed by atoms with Crippen LogP contribution in [0.3, 0.4) is 0 Å². The highest BCUT2D eigenvalue weighted by atomic mass is 35.5. The zero-order valence-electron chi connectivity index (χ0n) is 5.20. The van der Waals surface area contributed by atoms with Crippen molar-refractivity contribution in [3.05, 3.63) is 32.9 Å². The fourth-order valence-corrected chi connectivity index (χ4v) is 0.985. The van der Waals surface area contributed by atoms with Crippen LogP contribution in [-0.2, 0) is 0 Å². The van der Waals surface area contributed by atoms with E-state index in [1.807, 2.05) is 0 Å². The standard InChI is InChI=1S/C5H2Cl2N4/c6-3-1-9-2-4(7)5(3)10-11-8/h1-2H. The van der Waals surface area contributed by atoms with Crippen LogP contribution in [0.4, 0.5) is 5.69 Å². The molecule has 1 rings (SSSR count). The third-order valence-electron chi connectivity index (χ3n) is 0.973. The zero-order chi connectivity index (χ0) is 8.27. The Bertz CT molecular complexity index is 298. The highest BCUT2D eigenvalue weighted by molar-refractivity contribution is 6.38. The lowest BCUT2D eigenvalue weighted by Gasteiger charge is -1.96. The van der Waals surface area contributed by atoms with Crippen LogP contribution in [0.5, 0.6) is 0 Å². The molecule has 56 valence electrons. The second-order valence-corrected chi connectivity index (χ2v) is 2.46. The van der Waals surface area contributed by atoms with Gasteiger partial charge in [-0.05, 0) is 5.53 Å². The number of pyridine rings is 1. The molecule has 0 spiro atoms. The molecule has 0 fully saturated rings. The van der Waals surface area contributed by atoms with Gasteiger partial charge in [0.1, 0.15) is 0 Å². The summed E-state index contributed by atoms with van der Waals surface area (Å²) < 4.78 is 0. The Morgan fingerprint density at radius 2 is 1.91 bits per heavy atom. The molecule has 4 nitrogen and oxygen atoms in total. The lowest BCUT2D eigenvalue weighted by Crippen LogP contribution is -1.73. The molecule has 0 unspecified atom stereocenters. The SMILES string of the molecule is [N-]=[N+]=Nc1c(Cl)cncc1Cl. The van der Waals surface area contributed by atoms with E-state index < -0.39 is 0 Å². The summed E-state index contributed by atoms with van der Waals surface area (Å²) in [5.74, 6) is 0. The van der Waals surface area contributed by atoms with Crippen LogP contribution in [0.25, 0.3) is 10.4 Å². The molecule has 0 saturated carbocycles. The topological polar surface area (TPSA) is 61.7 Å². The summed E-state index contributed by atoms with van der Waals surface area (Å²) in [6.45, 7) is 0. The summed E-state index contributed by atoms with van der Waals surface area (Å²) in [5.41, 5.74) is 8.30. The molecule has 0 aliphatic carbocycles. The van der Waals surface area contributed by atoms with Gasteiger partial charge < -0.3 is 0 Å². The molecule has 1 aromatic rings. The van der Waals surface area contributed by atoms with Gasteiger partial charge in [0, 0.05) is 17.3 Å². The molecule has 0 amide bonds. The molecule has 0 aliphatic rings. The summed E-state index contributed by atoms with van der Waals surface area (Å²) in [4.78, 5) is 6.24. The first-order valence-electron chi connectivity index (χ1n) is 2.60. The first kappa shape index (κ1) is 8.14. The van der Waals surface area contributed by atoms with Crippen LogP contribution in [0, 0.1) is 0 Å². The van der Waals surface area contributed by atoms with Gasteiger partial charge in [0.2, 0.25) is 0 Å². The second kappa shape index (κ2) is 3.44. The Kier molecular flexibility index (Phi) is 2.54. The van der Waals surface area contributed by atoms with Crippen molar-refractivity contribution in [2.24, 2.45) is 5.11 Å². The third-order valence-corrected chi connectivity index (χ3v) is 1.53. The molecule has 0 aliphatic heterocycles. The number of hydrogen-bond donors (Lipinski definition) is 0. The number of aromatic nitrogens is 1. The van der Waals surface area contributed by atoms with Crippen molar-refractivity contribution in [2.75, 3.05) is 0 Å². The second-order valence-electron chi connectivity index (χ2n) is 1.64. The molecule has 11 heavy (non-hydrogen) atoms. The summed E-state index contributed by atoms with van der Waals surface area (Å²) in [5, 5.41) is 3.77. The number of halogens is 2. The van der Waals surface area contributed by atoms with Gasteiger partial charge >= 0.3 is 0 Å². The van der Waals surface area contributed by atoms with Gasteiger partial charge in [-0.1, -0.05) is 28.3 Å². The molecule has 0 aromatic carbocycles. The Morgan fingerprint density at radius 3 is 2.36 bits per heavy atom. The average molecular weight is 189 g/mol. The first-order valence-corrected chi connectivity index (χ1v) is 3.35. The lowest BCUT2D eigenvalue weighted by molar-refractivity contribution is 1.31. The van der Waals surface area contributed by atoms with E-state index in [0.717, 1.165) is 0 Å². The minimum absolute atomic E-state index is 0.214. The van der Waals surface area contributed by atoms with E-state index >= 15 is 0 Å². The van der Waals surface area contributed by atoms with Crippen LogP contribution < -0.4 is 0 Å². The number of rotatable bonds is 1. The fraction of sp³-hybridized carbons (Fsp3) is 0. The average Bonchev–Trinajstić information content (AvgIpc) is 1.97. The quantitative estimate of drug-likeness (QED) is 0.379. The molecule has 0 bridgehead atoms. The van der Waals surface area contributed by atoms with E-state index in [4.69, 9.17) is 28.7 Å². The zero-order valence-corrected chi connectivity index (χ0v) is 6.71. The summed E-state index contributed by atoms with van der Waals surface area (Å²) in [6.07, 6.45) is 2.72. The van der Waals surface area contributed by atoms with Crippen molar-refractivity contribution in [1.29, 1.82) is 0 Å². The van der Waals surface area contributed by atoms with Gasteiger partial charge in [0.05, 0.1) is 15.7 Å². The Balaban J connectivity index is 3.31. The van der Waals surface area contributed by atoms with Crippen LogP contribution in [0.1, 0.15) is 0 Å². The molecule has 0 saturated heterocycles. The molecule has 1 heterocycles. The molecule has 0 radical (unpaired) electrons. The Labute approximate surface area is 72.4 Å². The fourth-order valence-electron chi connectivity index (χ4n) is 0.545. The Morgan fingerprint density at radius 1 is 1.36 bits per heavy atom. The van der Waals surface area contributed by atoms with Gasteiger partial charge in [0.25, 0.3) is 0 Å². The van der Waals surface area contributed by atoms with E-state index in [2.05, 4.69) is 15.0 Å². The highest BCUT2D eigenvalue weighted by Gasteiger charge is 2.01. The van der Waals surface area contributed by atoms with Gasteiger partial charge in [0.15, 0.2) is 0 Å². The van der Waals surface area contributed by atoms with Crippen molar-refractivity contribution in [3.8, 4) is 0 Å². The van der Waals surface area contributed by atoms with Crippen molar-refractivity contribution < 1.29 is 0 Å². The van der Waals surface area contributed by atoms with E-state index in [0.29, 0.717) is 0 Å². The molecule has 1 aromatic heterocycles. The molecular formula is C5H2Cl2N4. The normalized spacial score (nSPS) is 8.91. The van der Waals surface area contributed by atoms with Crippen LogP contribution in [0.2, 0.25) is 10.0 Å². The van der Waals surface area contributed by atoms with Crippen LogP contribution in [0.15, 0.2) is 17.5 Å². The lowest BCUT2D eigenvalue weighted by atomic mass is 10.4. The third kappa shape index (κ3) is 1.74. The number of azide groups is 1. The maximum absolute atomic E-state index is 8.09. The van der Waals surface area contributed by atoms with Crippen LogP contribution in [-0.4, -0.2) is 4.98 Å². The molecule has 6 heteroatoms. The monoisotopic (exact) mass is 188 g/mol. The van der Waals surface area contributed by atoms with Gasteiger partial charge in [-0.15, -0.1) is 0 Å². The minimum Gasteiger partial charge on any atom is -0.262 e. The van der Waals surface area contributed by atoms with E-state index in [1.165, 1.54) is 12.4 Å². The predicted octanol–water partition coefficient (Wildman–Crippen LogP) is 3.33. The maximum atomic E-state index is 8.09. The highest BCUT2D eigenvalue weighted by Crippen LogP contribution is 2.31. The summed E-state index contributed by atoms with van der Waals surface area (Å²) >= 11 is 11.2. The van der Waals surface area contributed by atoms with Gasteiger partial charge in [-0.25, -0.2) is 0 Å². The smallest absolute Gasteiger partial charge is 0.0779 e. The van der Waals surface area contributed by atoms with E-state index in [1.54, 1.807) is 0 Å². The maximum Gasteiger partial charge on any atom is 0.0779 e. The van der Waals surface area contributed by atoms with Crippen molar-refractivity contribution in [2.45, 2.75) is 0 Å². The summed E-state index contributed by atoms with van der Waals surface area (Å²) in [6, 6.07) is 0. The number of nitrogens with zero attached hydrogens (tertiary/aromatic N) is 4. The first-order chi connectivity index (χ1) is 5.25. The van der Waals surface area contributed by atoms with Crippen molar-refractivity contribution in [1.82, 2.24) is 4.98 Å². The van der Waals surface area contributed by atoms with Crippen molar-refractivity contribution in [3.63, 3.8) is 0 Å². The van der Waals surface area contributed by atoms with Crippen molar-refractivity contribution >= 4 is 28.9 Å². The van der Waals surface area contributed by atoms with Crippen LogP contribution >= 0.6 is 23.2 Å². The van der Waals surface area contributed by atoms with Gasteiger partial charge in [-0.3, -0.25) is 4.98 Å². The summed E-state index contributed by atoms with van der Waals surface area (Å²) in [7, 11) is 0. The van der Waals surface area contributed by atoms with E-state index in [-0.39, 0.29) is 15.7 Å². The van der Waals surface area contributed by atoms with E-state index in [9.17, 15) is 0 Å². The minimum atomic E-state index is 0.214. The Hall–Kier alpha value is -0.960. The molecule has 0 atom stereocenters.